The van der Waals surface area contributed by atoms with Crippen molar-refractivity contribution in [2.45, 2.75) is 23.9 Å². The molecule has 0 saturated carbocycles. The van der Waals surface area contributed by atoms with Gasteiger partial charge in [-0.3, -0.25) is 9.69 Å². The molecule has 0 bridgehead atoms. The second kappa shape index (κ2) is 9.17. The van der Waals surface area contributed by atoms with Crippen molar-refractivity contribution in [3.8, 4) is 11.1 Å². The lowest BCUT2D eigenvalue weighted by molar-refractivity contribution is -0.119. The van der Waals surface area contributed by atoms with Crippen LogP contribution < -0.4 is 10.2 Å². The highest BCUT2D eigenvalue weighted by atomic mass is 32.2. The molecule has 1 aliphatic heterocycles. The van der Waals surface area contributed by atoms with Crippen LogP contribution >= 0.6 is 0 Å². The molecule has 0 aliphatic carbocycles. The minimum Gasteiger partial charge on any atom is -0.442 e. The van der Waals surface area contributed by atoms with E-state index in [9.17, 15) is 22.4 Å². The van der Waals surface area contributed by atoms with Gasteiger partial charge in [-0.15, -0.1) is 0 Å². The van der Waals surface area contributed by atoms with Gasteiger partial charge in [0, 0.05) is 19.5 Å². The van der Waals surface area contributed by atoms with Gasteiger partial charge < -0.3 is 10.1 Å². The summed E-state index contributed by atoms with van der Waals surface area (Å²) >= 11 is 0. The van der Waals surface area contributed by atoms with E-state index in [0.717, 1.165) is 4.68 Å². The zero-order valence-electron chi connectivity index (χ0n) is 18.3. The smallest absolute Gasteiger partial charge is 0.414 e. The fraction of sp³-hybridized carbons (Fsp3) is 0.286. The number of hydrogen-bond donors (Lipinski definition) is 1. The molecule has 2 aromatic carbocycles. The normalized spacial score (nSPS) is 15.9. The molecule has 1 atom stereocenters. The van der Waals surface area contributed by atoms with E-state index in [0.29, 0.717) is 16.8 Å². The summed E-state index contributed by atoms with van der Waals surface area (Å²) in [6, 6.07) is 10.8. The van der Waals surface area contributed by atoms with Crippen LogP contribution in [0, 0.1) is 5.82 Å². The van der Waals surface area contributed by atoms with E-state index in [4.69, 9.17) is 4.74 Å². The molecule has 0 spiro atoms. The van der Waals surface area contributed by atoms with Crippen molar-refractivity contribution in [2.75, 3.05) is 18.0 Å². The maximum absolute atomic E-state index is 14.9. The minimum atomic E-state index is -3.74. The number of nitrogens with one attached hydrogen (secondary N) is 1. The third-order valence-electron chi connectivity index (χ3n) is 5.20. The van der Waals surface area contributed by atoms with Crippen molar-refractivity contribution >= 4 is 27.5 Å². The number of sulfone groups is 1. The average molecular weight is 489 g/mol. The molecule has 1 fully saturated rings. The molecule has 11 nitrogen and oxygen atoms in total. The molecule has 4 rings (SSSR count). The number of aromatic nitrogens is 4. The molecular weight excluding hydrogens is 467 g/mol. The topological polar surface area (TPSA) is 136 Å². The summed E-state index contributed by atoms with van der Waals surface area (Å²) in [5, 5.41) is 12.8. The number of cyclic esters (lactones) is 1. The van der Waals surface area contributed by atoms with Crippen LogP contribution in [0.25, 0.3) is 11.1 Å². The van der Waals surface area contributed by atoms with Crippen molar-refractivity contribution in [1.82, 2.24) is 25.5 Å². The van der Waals surface area contributed by atoms with E-state index in [1.165, 1.54) is 31.0 Å². The van der Waals surface area contributed by atoms with Crippen molar-refractivity contribution in [3.05, 3.63) is 53.8 Å². The summed E-state index contributed by atoms with van der Waals surface area (Å²) in [5.41, 5.74) is 1.65. The number of nitrogens with zero attached hydrogens (tertiary/aromatic N) is 5. The maximum Gasteiger partial charge on any atom is 0.414 e. The number of anilines is 1. The molecular formula is C21H21FN6O5S. The molecule has 0 radical (unpaired) electrons. The van der Waals surface area contributed by atoms with Crippen LogP contribution in [0.4, 0.5) is 14.9 Å². The first kappa shape index (κ1) is 23.3. The Balaban J connectivity index is 1.48. The number of halogens is 1. The fourth-order valence-corrected chi connectivity index (χ4v) is 4.91. The minimum absolute atomic E-state index is 0.174. The SMILES string of the molecule is CC(=O)NC[C@H]1CN(c2ccc(-c3ccc(CS(=O)(=O)c4nnnn4C)cc3)c(F)c2)C(=O)O1. The van der Waals surface area contributed by atoms with E-state index in [-0.39, 0.29) is 35.5 Å². The van der Waals surface area contributed by atoms with Gasteiger partial charge >= 0.3 is 6.09 Å². The molecule has 178 valence electrons. The van der Waals surface area contributed by atoms with E-state index in [2.05, 4.69) is 20.8 Å². The van der Waals surface area contributed by atoms with Gasteiger partial charge in [0.2, 0.25) is 15.7 Å². The molecule has 2 heterocycles. The summed E-state index contributed by atoms with van der Waals surface area (Å²) in [5.74, 6) is -1.10. The van der Waals surface area contributed by atoms with Crippen LogP contribution in [0.1, 0.15) is 12.5 Å². The zero-order chi connectivity index (χ0) is 24.5. The van der Waals surface area contributed by atoms with Gasteiger partial charge in [-0.1, -0.05) is 29.4 Å². The highest BCUT2D eigenvalue weighted by Crippen LogP contribution is 2.29. The summed E-state index contributed by atoms with van der Waals surface area (Å²) in [6.45, 7) is 1.72. The number of amides is 2. The first-order valence-electron chi connectivity index (χ1n) is 10.2. The Morgan fingerprint density at radius 2 is 1.97 bits per heavy atom. The number of ether oxygens (including phenoxy) is 1. The molecule has 3 aromatic rings. The number of aryl methyl sites for hydroxylation is 1. The van der Waals surface area contributed by atoms with E-state index < -0.39 is 27.9 Å². The predicted octanol–water partition coefficient (Wildman–Crippen LogP) is 1.45. The quantitative estimate of drug-likeness (QED) is 0.528. The Kier molecular flexibility index (Phi) is 6.28. The Bertz CT molecular complexity index is 1340. The maximum atomic E-state index is 14.9. The van der Waals surface area contributed by atoms with Crippen LogP contribution in [0.2, 0.25) is 0 Å². The Morgan fingerprint density at radius 1 is 1.24 bits per heavy atom. The van der Waals surface area contributed by atoms with Gasteiger partial charge in [0.15, 0.2) is 0 Å². The van der Waals surface area contributed by atoms with Crippen LogP contribution in [0.5, 0.6) is 0 Å². The number of hydrogen-bond acceptors (Lipinski definition) is 8. The van der Waals surface area contributed by atoms with Crippen LogP contribution in [0.3, 0.4) is 0 Å². The lowest BCUT2D eigenvalue weighted by Gasteiger charge is -2.14. The number of carbonyl (C=O) groups excluding carboxylic acids is 2. The van der Waals surface area contributed by atoms with Crippen LogP contribution in [-0.2, 0) is 32.2 Å². The standard InChI is InChI=1S/C21H21FN6O5S/c1-13(29)23-10-17-11-28(21(30)33-17)16-7-8-18(19(22)9-16)15-5-3-14(4-6-15)12-34(31,32)20-24-25-26-27(20)2/h3-9,17H,10-12H2,1-2H3,(H,23,29)/t17-/m0/s1. The Labute approximate surface area is 194 Å². The van der Waals surface area contributed by atoms with Crippen LogP contribution in [0.15, 0.2) is 47.6 Å². The summed E-state index contributed by atoms with van der Waals surface area (Å²) in [7, 11) is -2.30. The van der Waals surface area contributed by atoms with Gasteiger partial charge in [0.1, 0.15) is 11.9 Å². The molecule has 0 unspecified atom stereocenters. The van der Waals surface area contributed by atoms with Crippen molar-refractivity contribution in [1.29, 1.82) is 0 Å². The highest BCUT2D eigenvalue weighted by molar-refractivity contribution is 7.90. The van der Waals surface area contributed by atoms with Gasteiger partial charge in [-0.2, -0.15) is 0 Å². The van der Waals surface area contributed by atoms with Crippen molar-refractivity contribution in [2.24, 2.45) is 7.05 Å². The van der Waals surface area contributed by atoms with Gasteiger partial charge in [0.05, 0.1) is 24.5 Å². The highest BCUT2D eigenvalue weighted by Gasteiger charge is 2.32. The number of carbonyl (C=O) groups is 2. The second-order valence-corrected chi connectivity index (χ2v) is 9.64. The molecule has 1 aromatic heterocycles. The van der Waals surface area contributed by atoms with E-state index in [1.807, 2.05) is 0 Å². The largest absolute Gasteiger partial charge is 0.442 e. The number of benzene rings is 2. The summed E-state index contributed by atoms with van der Waals surface area (Å²) in [6.07, 6.45) is -1.15. The van der Waals surface area contributed by atoms with E-state index in [1.54, 1.807) is 30.3 Å². The molecule has 1 N–H and O–H groups in total. The average Bonchev–Trinajstić information content (AvgIpc) is 3.38. The third-order valence-corrected chi connectivity index (χ3v) is 6.81. The molecule has 34 heavy (non-hydrogen) atoms. The molecule has 2 amide bonds. The number of rotatable bonds is 7. The zero-order valence-corrected chi connectivity index (χ0v) is 19.1. The third kappa shape index (κ3) is 4.88. The van der Waals surface area contributed by atoms with Crippen molar-refractivity contribution in [3.63, 3.8) is 0 Å². The van der Waals surface area contributed by atoms with Gasteiger partial charge in [-0.25, -0.2) is 22.3 Å². The van der Waals surface area contributed by atoms with E-state index >= 15 is 0 Å². The summed E-state index contributed by atoms with van der Waals surface area (Å²) < 4.78 is 46.2. The first-order valence-corrected chi connectivity index (χ1v) is 11.9. The monoisotopic (exact) mass is 488 g/mol. The summed E-state index contributed by atoms with van der Waals surface area (Å²) in [4.78, 5) is 24.5. The van der Waals surface area contributed by atoms with Gasteiger partial charge in [0.25, 0.3) is 5.16 Å². The lowest BCUT2D eigenvalue weighted by Crippen LogP contribution is -2.33. The predicted molar refractivity (Wildman–Crippen MR) is 118 cm³/mol. The van der Waals surface area contributed by atoms with Crippen LogP contribution in [-0.4, -0.2) is 59.8 Å². The number of tetrazole rings is 1. The first-order chi connectivity index (χ1) is 16.1. The van der Waals surface area contributed by atoms with Crippen molar-refractivity contribution < 1.29 is 27.1 Å². The second-order valence-electron chi connectivity index (χ2n) is 7.76. The Hall–Kier alpha value is -3.87. The Morgan fingerprint density at radius 3 is 2.59 bits per heavy atom. The fourth-order valence-electron chi connectivity index (χ4n) is 3.55. The molecule has 13 heteroatoms. The molecule has 1 aliphatic rings. The lowest BCUT2D eigenvalue weighted by atomic mass is 10.0. The van der Waals surface area contributed by atoms with Gasteiger partial charge in [-0.05, 0) is 39.8 Å². The molecule has 1 saturated heterocycles.